The van der Waals surface area contributed by atoms with E-state index in [0.717, 1.165) is 25.5 Å². The molecular formula is C17H25N5O2. The first-order valence-electron chi connectivity index (χ1n) is 8.48. The number of carbonyl (C=O) groups excluding carboxylic acids is 2. The summed E-state index contributed by atoms with van der Waals surface area (Å²) >= 11 is 0. The molecule has 0 aromatic carbocycles. The first-order valence-corrected chi connectivity index (χ1v) is 8.48. The summed E-state index contributed by atoms with van der Waals surface area (Å²) in [6.07, 6.45) is 2.07. The quantitative estimate of drug-likeness (QED) is 0.835. The Balaban J connectivity index is 1.54. The molecule has 1 aromatic rings. The van der Waals surface area contributed by atoms with Crippen LogP contribution in [0.25, 0.3) is 0 Å². The van der Waals surface area contributed by atoms with E-state index in [1.165, 1.54) is 5.56 Å². The van der Waals surface area contributed by atoms with Gasteiger partial charge < -0.3 is 15.1 Å². The molecule has 2 aliphatic heterocycles. The summed E-state index contributed by atoms with van der Waals surface area (Å²) in [5, 5.41) is 2.84. The highest BCUT2D eigenvalue weighted by molar-refractivity contribution is 5.88. The zero-order chi connectivity index (χ0) is 17.1. The van der Waals surface area contributed by atoms with Crippen LogP contribution in [0.4, 0.5) is 5.82 Å². The van der Waals surface area contributed by atoms with Crippen LogP contribution in [0.3, 0.4) is 0 Å². The summed E-state index contributed by atoms with van der Waals surface area (Å²) in [5.41, 5.74) is 1.19. The Morgan fingerprint density at radius 2 is 2.04 bits per heavy atom. The second-order valence-corrected chi connectivity index (χ2v) is 6.55. The van der Waals surface area contributed by atoms with Crippen molar-refractivity contribution < 1.29 is 9.59 Å². The van der Waals surface area contributed by atoms with Gasteiger partial charge in [-0.3, -0.25) is 14.5 Å². The predicted molar refractivity (Wildman–Crippen MR) is 91.8 cm³/mol. The third-order valence-corrected chi connectivity index (χ3v) is 4.82. The molecule has 3 heterocycles. The number of rotatable bonds is 3. The Morgan fingerprint density at radius 3 is 2.71 bits per heavy atom. The van der Waals surface area contributed by atoms with Crippen LogP contribution in [-0.4, -0.2) is 79.0 Å². The zero-order valence-corrected chi connectivity index (χ0v) is 14.4. The van der Waals surface area contributed by atoms with E-state index in [1.807, 2.05) is 29.1 Å². The summed E-state index contributed by atoms with van der Waals surface area (Å²) < 4.78 is 0. The molecule has 2 amide bonds. The third kappa shape index (κ3) is 3.67. The lowest BCUT2D eigenvalue weighted by molar-refractivity contribution is -0.138. The van der Waals surface area contributed by atoms with E-state index < -0.39 is 0 Å². The van der Waals surface area contributed by atoms with E-state index in [9.17, 15) is 9.59 Å². The molecule has 130 valence electrons. The lowest BCUT2D eigenvalue weighted by atomic mass is 10.1. The van der Waals surface area contributed by atoms with E-state index in [4.69, 9.17) is 0 Å². The van der Waals surface area contributed by atoms with Gasteiger partial charge in [0.05, 0.1) is 12.5 Å². The van der Waals surface area contributed by atoms with E-state index in [2.05, 4.69) is 28.2 Å². The molecule has 0 saturated carbocycles. The maximum absolute atomic E-state index is 12.5. The average Bonchev–Trinajstić information content (AvgIpc) is 2.58. The van der Waals surface area contributed by atoms with Crippen LogP contribution in [0, 0.1) is 6.92 Å². The number of amides is 2. The Labute approximate surface area is 142 Å². The first-order chi connectivity index (χ1) is 11.5. The van der Waals surface area contributed by atoms with Crippen LogP contribution < -0.4 is 10.2 Å². The second kappa shape index (κ2) is 7.17. The molecular weight excluding hydrogens is 306 g/mol. The summed E-state index contributed by atoms with van der Waals surface area (Å²) in [7, 11) is 1.90. The number of carbonyl (C=O) groups is 2. The molecule has 0 aliphatic carbocycles. The van der Waals surface area contributed by atoms with Gasteiger partial charge in [0.15, 0.2) is 0 Å². The molecule has 0 radical (unpaired) electrons. The number of piperazine rings is 2. The van der Waals surface area contributed by atoms with Gasteiger partial charge in [0.2, 0.25) is 11.8 Å². The summed E-state index contributed by atoms with van der Waals surface area (Å²) in [6, 6.07) is 3.70. The highest BCUT2D eigenvalue weighted by Gasteiger charge is 2.31. The van der Waals surface area contributed by atoms with Crippen LogP contribution in [0.5, 0.6) is 0 Å². The number of aryl methyl sites for hydroxylation is 1. The van der Waals surface area contributed by atoms with Crippen molar-refractivity contribution in [2.45, 2.75) is 19.4 Å². The van der Waals surface area contributed by atoms with Crippen molar-refractivity contribution in [3.8, 4) is 0 Å². The number of nitrogens with one attached hydrogen (secondary N) is 1. The molecule has 0 unspecified atom stereocenters. The monoisotopic (exact) mass is 331 g/mol. The topological polar surface area (TPSA) is 68.8 Å². The number of anilines is 1. The predicted octanol–water partition coefficient (Wildman–Crippen LogP) is -0.141. The van der Waals surface area contributed by atoms with Crippen LogP contribution in [-0.2, 0) is 9.59 Å². The minimum Gasteiger partial charge on any atom is -0.353 e. The Bertz CT molecular complexity index is 613. The molecule has 2 aliphatic rings. The minimum absolute atomic E-state index is 0.0419. The number of hydrogen-bond acceptors (Lipinski definition) is 5. The largest absolute Gasteiger partial charge is 0.353 e. The molecule has 3 rings (SSSR count). The van der Waals surface area contributed by atoms with Crippen LogP contribution >= 0.6 is 0 Å². The lowest BCUT2D eigenvalue weighted by Gasteiger charge is -2.37. The molecule has 0 spiro atoms. The van der Waals surface area contributed by atoms with E-state index in [0.29, 0.717) is 19.6 Å². The first kappa shape index (κ1) is 16.7. The molecule has 2 saturated heterocycles. The highest BCUT2D eigenvalue weighted by Crippen LogP contribution is 2.16. The number of aromatic nitrogens is 1. The van der Waals surface area contributed by atoms with Crippen LogP contribution in [0.15, 0.2) is 18.3 Å². The third-order valence-electron chi connectivity index (χ3n) is 4.82. The van der Waals surface area contributed by atoms with E-state index >= 15 is 0 Å². The smallest absolute Gasteiger partial charge is 0.237 e. The number of pyridine rings is 1. The van der Waals surface area contributed by atoms with Crippen molar-refractivity contribution in [1.29, 1.82) is 0 Å². The van der Waals surface area contributed by atoms with Crippen molar-refractivity contribution in [2.24, 2.45) is 0 Å². The van der Waals surface area contributed by atoms with Crippen molar-refractivity contribution >= 4 is 17.6 Å². The molecule has 1 atom stereocenters. The number of likely N-dealkylation sites (N-methyl/N-ethyl adjacent to an activating group) is 1. The Morgan fingerprint density at radius 1 is 1.29 bits per heavy atom. The molecule has 2 fully saturated rings. The van der Waals surface area contributed by atoms with Gasteiger partial charge in [0, 0.05) is 45.5 Å². The molecule has 1 N–H and O–H groups in total. The lowest BCUT2D eigenvalue weighted by Crippen LogP contribution is -2.56. The van der Waals surface area contributed by atoms with Gasteiger partial charge in [-0.2, -0.15) is 0 Å². The summed E-state index contributed by atoms with van der Waals surface area (Å²) in [4.78, 5) is 34.9. The summed E-state index contributed by atoms with van der Waals surface area (Å²) in [5.74, 6) is 0.980. The Hall–Kier alpha value is -2.15. The van der Waals surface area contributed by atoms with Crippen molar-refractivity contribution in [1.82, 2.24) is 20.1 Å². The maximum Gasteiger partial charge on any atom is 0.237 e. The number of hydrogen-bond donors (Lipinski definition) is 1. The van der Waals surface area contributed by atoms with Gasteiger partial charge in [-0.15, -0.1) is 0 Å². The maximum atomic E-state index is 12.5. The van der Waals surface area contributed by atoms with Gasteiger partial charge >= 0.3 is 0 Å². The Kier molecular flexibility index (Phi) is 4.99. The van der Waals surface area contributed by atoms with Gasteiger partial charge in [-0.05, 0) is 31.7 Å². The molecule has 24 heavy (non-hydrogen) atoms. The fraction of sp³-hybridized carbons (Fsp3) is 0.588. The highest BCUT2D eigenvalue weighted by atomic mass is 16.2. The molecule has 7 nitrogen and oxygen atoms in total. The van der Waals surface area contributed by atoms with Gasteiger partial charge in [-0.25, -0.2) is 4.98 Å². The van der Waals surface area contributed by atoms with E-state index in [-0.39, 0.29) is 24.3 Å². The second-order valence-electron chi connectivity index (χ2n) is 6.55. The van der Waals surface area contributed by atoms with Crippen molar-refractivity contribution in [3.05, 3.63) is 23.9 Å². The number of nitrogens with zero attached hydrogens (tertiary/aromatic N) is 4. The molecule has 0 bridgehead atoms. The van der Waals surface area contributed by atoms with Crippen molar-refractivity contribution in [3.63, 3.8) is 0 Å². The minimum atomic E-state index is -0.345. The summed E-state index contributed by atoms with van der Waals surface area (Å²) in [6.45, 7) is 6.39. The fourth-order valence-corrected chi connectivity index (χ4v) is 3.25. The van der Waals surface area contributed by atoms with Crippen LogP contribution in [0.2, 0.25) is 0 Å². The molecule has 1 aromatic heterocycles. The van der Waals surface area contributed by atoms with Crippen LogP contribution in [0.1, 0.15) is 12.0 Å². The SMILES string of the molecule is Cc1ccnc(N2CCN(C(=O)C[C@H]3C(=O)NCCN3C)CC2)c1. The van der Waals surface area contributed by atoms with Gasteiger partial charge in [0.25, 0.3) is 0 Å². The molecule has 7 heteroatoms. The van der Waals surface area contributed by atoms with Gasteiger partial charge in [-0.1, -0.05) is 0 Å². The average molecular weight is 331 g/mol. The zero-order valence-electron chi connectivity index (χ0n) is 14.4. The fourth-order valence-electron chi connectivity index (χ4n) is 3.25. The van der Waals surface area contributed by atoms with Gasteiger partial charge in [0.1, 0.15) is 5.82 Å². The van der Waals surface area contributed by atoms with Crippen molar-refractivity contribution in [2.75, 3.05) is 51.2 Å². The standard InChI is InChI=1S/C17H25N5O2/c1-13-3-4-18-15(11-13)21-7-9-22(10-8-21)16(23)12-14-17(24)19-5-6-20(14)2/h3-4,11,14H,5-10,12H2,1-2H3,(H,19,24)/t14-/m0/s1. The normalized spacial score (nSPS) is 22.4. The van der Waals surface area contributed by atoms with E-state index in [1.54, 1.807) is 0 Å².